The summed E-state index contributed by atoms with van der Waals surface area (Å²) >= 11 is 5.74. The molecule has 0 unspecified atom stereocenters. The fraction of sp³-hybridized carbons (Fsp3) is 0.548. The summed E-state index contributed by atoms with van der Waals surface area (Å²) in [5.74, 6) is -1.14. The van der Waals surface area contributed by atoms with Crippen LogP contribution in [0, 0.1) is 0 Å². The Labute approximate surface area is 250 Å². The van der Waals surface area contributed by atoms with Crippen molar-refractivity contribution in [1.29, 1.82) is 0 Å². The van der Waals surface area contributed by atoms with Gasteiger partial charge in [0.05, 0.1) is 14.2 Å². The first-order valence-corrected chi connectivity index (χ1v) is 14.8. The van der Waals surface area contributed by atoms with Crippen LogP contribution in [0.5, 0.6) is 11.5 Å². The number of hydrogen-bond donors (Lipinski definition) is 3. The molecule has 2 aromatic rings. The molecule has 0 spiro atoms. The first-order valence-electron chi connectivity index (χ1n) is 14.4. The molecule has 0 radical (unpaired) electrons. The monoisotopic (exact) mass is 607 g/mol. The highest BCUT2D eigenvalue weighted by atomic mass is 32.1. The van der Waals surface area contributed by atoms with Crippen molar-refractivity contribution in [1.82, 2.24) is 15.5 Å². The number of alkyl halides is 3. The van der Waals surface area contributed by atoms with Crippen LogP contribution in [0.3, 0.4) is 0 Å². The lowest BCUT2D eigenvalue weighted by Gasteiger charge is -2.46. The largest absolute Gasteiger partial charge is 0.493 e. The number of aliphatic carboxylic acids is 1. The number of likely N-dealkylation sites (tertiary alicyclic amines) is 1. The minimum absolute atomic E-state index is 0.118. The summed E-state index contributed by atoms with van der Waals surface area (Å²) in [6.45, 7) is 2.09. The van der Waals surface area contributed by atoms with Gasteiger partial charge in [0.1, 0.15) is 0 Å². The summed E-state index contributed by atoms with van der Waals surface area (Å²) in [6, 6.07) is 18.8. The molecule has 3 N–H and O–H groups in total. The second-order valence-electron chi connectivity index (χ2n) is 11.3. The van der Waals surface area contributed by atoms with Gasteiger partial charge in [0.15, 0.2) is 16.6 Å². The number of thiocarbonyl (C=S) groups is 1. The number of nitrogens with one attached hydrogen (secondary N) is 2. The van der Waals surface area contributed by atoms with Gasteiger partial charge in [-0.25, -0.2) is 4.79 Å². The third kappa shape index (κ3) is 7.66. The number of methoxy groups -OCH3 is 2. The number of carboxylic acids is 1. The summed E-state index contributed by atoms with van der Waals surface area (Å²) in [6.07, 6.45) is 4.54. The minimum atomic E-state index is -5.08. The van der Waals surface area contributed by atoms with Gasteiger partial charge in [-0.15, -0.1) is 0 Å². The van der Waals surface area contributed by atoms with E-state index in [1.807, 2.05) is 0 Å². The maximum atomic E-state index is 10.6. The average molecular weight is 608 g/mol. The molecule has 2 aromatic carbocycles. The Kier molecular flexibility index (Phi) is 10.6. The van der Waals surface area contributed by atoms with Crippen LogP contribution in [0.1, 0.15) is 62.5 Å². The maximum absolute atomic E-state index is 10.6. The highest BCUT2D eigenvalue weighted by molar-refractivity contribution is 7.80. The molecule has 3 atom stereocenters. The molecule has 230 valence electrons. The third-order valence-electron chi connectivity index (χ3n) is 8.83. The van der Waals surface area contributed by atoms with Crippen LogP contribution in [-0.4, -0.2) is 66.2 Å². The molecule has 0 bridgehead atoms. The predicted molar refractivity (Wildman–Crippen MR) is 159 cm³/mol. The van der Waals surface area contributed by atoms with Gasteiger partial charge >= 0.3 is 12.1 Å². The molecule has 2 aliphatic carbocycles. The summed E-state index contributed by atoms with van der Waals surface area (Å²) in [7, 11) is 3.43. The first kappa shape index (κ1) is 31.9. The average Bonchev–Trinajstić information content (AvgIpc) is 3.61. The standard InChI is InChI=1S/C29H39N3O2S.C2HF3O2/c1-33-25-13-12-22(18-26(25)34-2)29-15-14-24(31-28(35)30-23-10-6-7-11-23)19-27(29)32(17-16-29)20-21-8-4-3-5-9-21;3-2(4,5)1(6)7/h3-5,8-9,12-13,18,23-24,27H,6-7,10-11,14-17,19-20H2,1-2H3,(H2,30,31,35);(H,6,7)/t24-,27+,29+;/m1./s1. The zero-order chi connectivity index (χ0) is 30.3. The van der Waals surface area contributed by atoms with Gasteiger partial charge in [-0.1, -0.05) is 49.2 Å². The van der Waals surface area contributed by atoms with Crippen molar-refractivity contribution in [2.45, 2.75) is 87.6 Å². The van der Waals surface area contributed by atoms with E-state index in [1.54, 1.807) is 14.2 Å². The Morgan fingerprint density at radius 2 is 1.64 bits per heavy atom. The number of halogens is 3. The molecule has 3 aliphatic rings. The van der Waals surface area contributed by atoms with Gasteiger partial charge < -0.3 is 25.2 Å². The van der Waals surface area contributed by atoms with E-state index in [0.29, 0.717) is 18.1 Å². The lowest BCUT2D eigenvalue weighted by Crippen LogP contribution is -2.54. The first-order chi connectivity index (χ1) is 20.1. The Hall–Kier alpha value is -3.05. The molecule has 1 saturated heterocycles. The Morgan fingerprint density at radius 1 is 1.00 bits per heavy atom. The number of fused-ring (bicyclic) bond motifs is 1. The van der Waals surface area contributed by atoms with Crippen LogP contribution in [0.25, 0.3) is 0 Å². The van der Waals surface area contributed by atoms with Crippen molar-refractivity contribution in [3.8, 4) is 11.5 Å². The smallest absolute Gasteiger partial charge is 0.490 e. The molecule has 5 rings (SSSR count). The van der Waals surface area contributed by atoms with Crippen molar-refractivity contribution < 1.29 is 32.5 Å². The molecule has 3 fully saturated rings. The van der Waals surface area contributed by atoms with Crippen LogP contribution < -0.4 is 20.1 Å². The highest BCUT2D eigenvalue weighted by Crippen LogP contribution is 2.50. The fourth-order valence-electron chi connectivity index (χ4n) is 6.75. The Balaban J connectivity index is 0.000000517. The van der Waals surface area contributed by atoms with E-state index in [1.165, 1.54) is 36.8 Å². The summed E-state index contributed by atoms with van der Waals surface area (Å²) in [4.78, 5) is 11.6. The van der Waals surface area contributed by atoms with Crippen molar-refractivity contribution in [3.63, 3.8) is 0 Å². The lowest BCUT2D eigenvalue weighted by atomic mass is 9.65. The predicted octanol–water partition coefficient (Wildman–Crippen LogP) is 5.81. The zero-order valence-corrected chi connectivity index (χ0v) is 24.9. The van der Waals surface area contributed by atoms with Gasteiger partial charge in [-0.05, 0) is 80.5 Å². The molecule has 1 heterocycles. The number of rotatable bonds is 7. The van der Waals surface area contributed by atoms with Crippen LogP contribution in [0.2, 0.25) is 0 Å². The number of benzene rings is 2. The van der Waals surface area contributed by atoms with Gasteiger partial charge in [-0.2, -0.15) is 13.2 Å². The normalized spacial score (nSPS) is 24.2. The fourth-order valence-corrected chi connectivity index (χ4v) is 7.08. The van der Waals surface area contributed by atoms with E-state index in [-0.39, 0.29) is 5.41 Å². The second-order valence-corrected chi connectivity index (χ2v) is 11.7. The zero-order valence-electron chi connectivity index (χ0n) is 24.1. The second kappa shape index (κ2) is 13.9. The summed E-state index contributed by atoms with van der Waals surface area (Å²) in [5, 5.41) is 15.2. The number of carboxylic acid groups (broad SMARTS) is 1. The lowest BCUT2D eigenvalue weighted by molar-refractivity contribution is -0.192. The van der Waals surface area contributed by atoms with Crippen molar-refractivity contribution in [3.05, 3.63) is 59.7 Å². The Morgan fingerprint density at radius 3 is 2.26 bits per heavy atom. The summed E-state index contributed by atoms with van der Waals surface area (Å²) in [5.41, 5.74) is 2.87. The van der Waals surface area contributed by atoms with Crippen LogP contribution in [0.15, 0.2) is 48.5 Å². The highest BCUT2D eigenvalue weighted by Gasteiger charge is 2.51. The number of ether oxygens (including phenoxy) is 2. The molecule has 0 aromatic heterocycles. The molecule has 1 aliphatic heterocycles. The van der Waals surface area contributed by atoms with Crippen LogP contribution in [-0.2, 0) is 16.8 Å². The van der Waals surface area contributed by atoms with Gasteiger partial charge in [0.2, 0.25) is 0 Å². The molecule has 42 heavy (non-hydrogen) atoms. The molecular formula is C31H40F3N3O4S. The van der Waals surface area contributed by atoms with Crippen molar-refractivity contribution in [2.75, 3.05) is 20.8 Å². The number of hydrogen-bond acceptors (Lipinski definition) is 5. The van der Waals surface area contributed by atoms with E-state index in [0.717, 1.165) is 55.4 Å². The Bertz CT molecular complexity index is 1210. The van der Waals surface area contributed by atoms with Crippen molar-refractivity contribution in [2.24, 2.45) is 0 Å². The molecular weight excluding hydrogens is 567 g/mol. The number of carbonyl (C=O) groups is 1. The van der Waals surface area contributed by atoms with Gasteiger partial charge in [-0.3, -0.25) is 4.90 Å². The molecule has 11 heteroatoms. The number of nitrogens with zero attached hydrogens (tertiary/aromatic N) is 1. The van der Waals surface area contributed by atoms with Gasteiger partial charge in [0, 0.05) is 30.1 Å². The third-order valence-corrected chi connectivity index (χ3v) is 9.06. The quantitative estimate of drug-likeness (QED) is 0.341. The molecule has 7 nitrogen and oxygen atoms in total. The summed E-state index contributed by atoms with van der Waals surface area (Å²) < 4.78 is 43.0. The van der Waals surface area contributed by atoms with Crippen LogP contribution >= 0.6 is 12.2 Å². The van der Waals surface area contributed by atoms with Crippen molar-refractivity contribution >= 4 is 23.3 Å². The molecule has 2 saturated carbocycles. The topological polar surface area (TPSA) is 83.1 Å². The minimum Gasteiger partial charge on any atom is -0.493 e. The van der Waals surface area contributed by atoms with E-state index in [9.17, 15) is 13.2 Å². The SMILES string of the molecule is COc1ccc([C@@]23CC[C@@H](NC(=S)NC4CCCC4)C[C@@H]2N(Cc2ccccc2)CC3)cc1OC.O=C(O)C(F)(F)F. The van der Waals surface area contributed by atoms with E-state index in [2.05, 4.69) is 64.1 Å². The van der Waals surface area contributed by atoms with E-state index in [4.69, 9.17) is 31.6 Å². The van der Waals surface area contributed by atoms with E-state index < -0.39 is 12.1 Å². The van der Waals surface area contributed by atoms with Crippen LogP contribution in [0.4, 0.5) is 13.2 Å². The van der Waals surface area contributed by atoms with E-state index >= 15 is 0 Å². The maximum Gasteiger partial charge on any atom is 0.490 e. The molecule has 0 amide bonds. The van der Waals surface area contributed by atoms with Gasteiger partial charge in [0.25, 0.3) is 0 Å².